The maximum Gasteiger partial charge on any atom is 0.165 e. The first-order valence-corrected chi connectivity index (χ1v) is 17.2. The quantitative estimate of drug-likeness (QED) is 0.261. The second kappa shape index (κ2) is 11.8. The molecule has 0 amide bonds. The summed E-state index contributed by atoms with van der Waals surface area (Å²) in [5, 5.41) is 12.9. The third kappa shape index (κ3) is 4.79. The highest BCUT2D eigenvalue weighted by Crippen LogP contribution is 2.66. The van der Waals surface area contributed by atoms with Gasteiger partial charge in [-0.1, -0.05) is 62.6 Å². The Kier molecular flexibility index (Phi) is 8.04. The minimum absolute atomic E-state index is 0.0119. The van der Waals surface area contributed by atoms with Crippen LogP contribution in [0.3, 0.4) is 0 Å². The molecule has 2 unspecified atom stereocenters. The number of rotatable bonds is 14. The highest BCUT2D eigenvalue weighted by Gasteiger charge is 2.73. The van der Waals surface area contributed by atoms with Gasteiger partial charge in [0.05, 0.1) is 18.1 Å². The van der Waals surface area contributed by atoms with Crippen molar-refractivity contribution in [2.24, 2.45) is 5.92 Å². The van der Waals surface area contributed by atoms with Gasteiger partial charge in [-0.05, 0) is 107 Å². The van der Waals surface area contributed by atoms with Crippen LogP contribution in [0.25, 0.3) is 0 Å². The first-order chi connectivity index (χ1) is 20.6. The molecule has 5 aliphatic rings. The predicted molar refractivity (Wildman–Crippen MR) is 169 cm³/mol. The van der Waals surface area contributed by atoms with Crippen molar-refractivity contribution in [2.75, 3.05) is 33.3 Å². The Hall–Kier alpha value is -2.08. The zero-order chi connectivity index (χ0) is 28.7. The molecule has 1 spiro atoms. The predicted octanol–water partition coefficient (Wildman–Crippen LogP) is 6.53. The van der Waals surface area contributed by atoms with Gasteiger partial charge in [0.1, 0.15) is 6.10 Å². The summed E-state index contributed by atoms with van der Waals surface area (Å²) in [7, 11) is 1.76. The second-order valence-electron chi connectivity index (χ2n) is 14.1. The summed E-state index contributed by atoms with van der Waals surface area (Å²) in [6, 6.07) is 15.8. The van der Waals surface area contributed by atoms with E-state index in [0.29, 0.717) is 6.04 Å². The highest BCUT2D eigenvalue weighted by molar-refractivity contribution is 5.63. The molecular formula is C37H52N2O3. The van der Waals surface area contributed by atoms with Crippen LogP contribution < -0.4 is 9.47 Å². The molecule has 7 rings (SSSR count). The Morgan fingerprint density at radius 2 is 1.79 bits per heavy atom. The Balaban J connectivity index is 1.12. The Morgan fingerprint density at radius 3 is 2.57 bits per heavy atom. The molecule has 1 N–H and O–H groups in total. The number of ether oxygens (including phenoxy) is 2. The monoisotopic (exact) mass is 572 g/mol. The lowest BCUT2D eigenvalue weighted by Gasteiger charge is -2.65. The fourth-order valence-electron chi connectivity index (χ4n) is 9.43. The van der Waals surface area contributed by atoms with E-state index < -0.39 is 5.60 Å². The van der Waals surface area contributed by atoms with Crippen LogP contribution in [0.4, 0.5) is 0 Å². The summed E-state index contributed by atoms with van der Waals surface area (Å²) in [6.45, 7) is 6.78. The van der Waals surface area contributed by atoms with E-state index in [4.69, 9.17) is 9.47 Å². The number of piperidine rings is 1. The molecule has 2 bridgehead atoms. The van der Waals surface area contributed by atoms with Crippen molar-refractivity contribution in [3.05, 3.63) is 59.2 Å². The summed E-state index contributed by atoms with van der Waals surface area (Å²) in [5.74, 6) is 2.62. The number of unbranched alkanes of at least 4 members (excludes halogenated alkanes) is 4. The number of hydrogen-bond acceptors (Lipinski definition) is 5. The molecule has 228 valence electrons. The molecule has 5 atom stereocenters. The molecule has 0 radical (unpaired) electrons. The first-order valence-electron chi connectivity index (χ1n) is 17.2. The lowest BCUT2D eigenvalue weighted by Crippen LogP contribution is -2.78. The van der Waals surface area contributed by atoms with E-state index in [0.717, 1.165) is 69.3 Å². The van der Waals surface area contributed by atoms with E-state index in [1.807, 2.05) is 0 Å². The van der Waals surface area contributed by atoms with Crippen molar-refractivity contribution in [1.82, 2.24) is 9.80 Å². The lowest BCUT2D eigenvalue weighted by molar-refractivity contribution is -0.200. The molecular weight excluding hydrogens is 520 g/mol. The second-order valence-corrected chi connectivity index (χ2v) is 14.1. The van der Waals surface area contributed by atoms with Crippen LogP contribution in [0.5, 0.6) is 11.5 Å². The number of nitrogens with zero attached hydrogens (tertiary/aromatic N) is 2. The smallest absolute Gasteiger partial charge is 0.165 e. The van der Waals surface area contributed by atoms with Crippen LogP contribution in [-0.4, -0.2) is 72.0 Å². The third-order valence-electron chi connectivity index (χ3n) is 11.7. The molecule has 2 saturated carbocycles. The van der Waals surface area contributed by atoms with E-state index in [2.05, 4.69) is 59.2 Å². The Labute approximate surface area is 253 Å². The Bertz CT molecular complexity index is 1230. The van der Waals surface area contributed by atoms with E-state index in [-0.39, 0.29) is 17.6 Å². The van der Waals surface area contributed by atoms with Gasteiger partial charge in [-0.2, -0.15) is 0 Å². The average Bonchev–Trinajstić information content (AvgIpc) is 3.76. The van der Waals surface area contributed by atoms with Crippen molar-refractivity contribution in [3.8, 4) is 11.5 Å². The normalized spacial score (nSPS) is 31.2. The summed E-state index contributed by atoms with van der Waals surface area (Å²) < 4.78 is 13.0. The zero-order valence-corrected chi connectivity index (χ0v) is 26.0. The van der Waals surface area contributed by atoms with Gasteiger partial charge < -0.3 is 14.6 Å². The third-order valence-corrected chi connectivity index (χ3v) is 11.7. The van der Waals surface area contributed by atoms with Crippen LogP contribution in [0.2, 0.25) is 0 Å². The standard InChI is InChI=1S/C37H52N2O3/c1-3-4-22-38(23-11-6-5-8-12-27-13-9-7-10-14-27)30-19-20-37(40)32-25-29-17-18-31(41-2)34-33(29)36(37,35(30)42-34)21-24-39(32)26-28-15-16-28/h7,9-10,13-14,17-18,28,30,32,35,40H,3-6,8,11-12,15-16,19-26H2,1-2H3/t30?,32-,35?,36+,37-/m1/s1. The first kappa shape index (κ1) is 28.7. The summed E-state index contributed by atoms with van der Waals surface area (Å²) in [5.41, 5.74) is 3.08. The maximum atomic E-state index is 12.9. The van der Waals surface area contributed by atoms with Crippen LogP contribution in [0, 0.1) is 5.92 Å². The van der Waals surface area contributed by atoms with Gasteiger partial charge in [-0.3, -0.25) is 9.80 Å². The van der Waals surface area contributed by atoms with E-state index in [9.17, 15) is 5.11 Å². The molecule has 3 aliphatic carbocycles. The number of benzene rings is 2. The summed E-state index contributed by atoms with van der Waals surface area (Å²) in [6.07, 6.45) is 15.2. The fourth-order valence-corrected chi connectivity index (χ4v) is 9.43. The molecule has 1 saturated heterocycles. The average molecular weight is 573 g/mol. The lowest BCUT2D eigenvalue weighted by atomic mass is 9.48. The zero-order valence-electron chi connectivity index (χ0n) is 26.0. The molecule has 2 aliphatic heterocycles. The molecule has 5 nitrogen and oxygen atoms in total. The van der Waals surface area contributed by atoms with Crippen LogP contribution in [0.15, 0.2) is 42.5 Å². The molecule has 2 heterocycles. The van der Waals surface area contributed by atoms with Crippen LogP contribution >= 0.6 is 0 Å². The Morgan fingerprint density at radius 1 is 0.976 bits per heavy atom. The molecule has 3 fully saturated rings. The summed E-state index contributed by atoms with van der Waals surface area (Å²) >= 11 is 0. The van der Waals surface area contributed by atoms with E-state index in [1.165, 1.54) is 74.5 Å². The molecule has 2 aromatic carbocycles. The van der Waals surface area contributed by atoms with Crippen LogP contribution in [-0.2, 0) is 18.3 Å². The van der Waals surface area contributed by atoms with Crippen molar-refractivity contribution < 1.29 is 14.6 Å². The largest absolute Gasteiger partial charge is 0.493 e. The van der Waals surface area contributed by atoms with Crippen molar-refractivity contribution in [3.63, 3.8) is 0 Å². The van der Waals surface area contributed by atoms with Gasteiger partial charge in [0, 0.05) is 24.2 Å². The number of hydrogen-bond donors (Lipinski definition) is 1. The molecule has 42 heavy (non-hydrogen) atoms. The molecule has 0 aromatic heterocycles. The minimum atomic E-state index is -0.736. The van der Waals surface area contributed by atoms with Crippen molar-refractivity contribution in [1.29, 1.82) is 0 Å². The van der Waals surface area contributed by atoms with Crippen molar-refractivity contribution in [2.45, 2.75) is 120 Å². The van der Waals surface area contributed by atoms with Gasteiger partial charge in [0.15, 0.2) is 11.5 Å². The maximum absolute atomic E-state index is 12.9. The van der Waals surface area contributed by atoms with E-state index >= 15 is 0 Å². The van der Waals surface area contributed by atoms with Gasteiger partial charge in [0.25, 0.3) is 0 Å². The topological polar surface area (TPSA) is 45.2 Å². The highest BCUT2D eigenvalue weighted by atomic mass is 16.5. The van der Waals surface area contributed by atoms with Gasteiger partial charge in [0.2, 0.25) is 0 Å². The molecule has 5 heteroatoms. The fraction of sp³-hybridized carbons (Fsp3) is 0.676. The van der Waals surface area contributed by atoms with E-state index in [1.54, 1.807) is 7.11 Å². The number of aryl methyl sites for hydroxylation is 1. The SMILES string of the molecule is CCCCN(CCCCCCc1ccccc1)C1CC[C@@]2(O)[C@H]3Cc4ccc(OC)c5c4[C@@]2(CCN3CC2CC2)C1O5. The van der Waals surface area contributed by atoms with Gasteiger partial charge in [-0.15, -0.1) is 0 Å². The minimum Gasteiger partial charge on any atom is -0.493 e. The van der Waals surface area contributed by atoms with Crippen LogP contribution in [0.1, 0.15) is 94.2 Å². The number of methoxy groups -OCH3 is 1. The molecule has 2 aromatic rings. The van der Waals surface area contributed by atoms with Gasteiger partial charge in [-0.25, -0.2) is 0 Å². The van der Waals surface area contributed by atoms with Gasteiger partial charge >= 0.3 is 0 Å². The van der Waals surface area contributed by atoms with Crippen molar-refractivity contribution >= 4 is 0 Å². The number of aliphatic hydroxyl groups is 1. The summed E-state index contributed by atoms with van der Waals surface area (Å²) in [4.78, 5) is 5.45. The number of likely N-dealkylation sites (tertiary alicyclic amines) is 1.